The molecule has 1 heterocycles. The maximum atomic E-state index is 10.9. The van der Waals surface area contributed by atoms with Gasteiger partial charge in [-0.3, -0.25) is 10.0 Å². The Morgan fingerprint density at radius 3 is 2.67 bits per heavy atom. The Hall–Kier alpha value is -0.650. The van der Waals surface area contributed by atoms with Crippen LogP contribution in [0.1, 0.15) is 12.8 Å². The third kappa shape index (κ3) is 2.17. The maximum Gasteiger partial charge on any atom is 0.260 e. The van der Waals surface area contributed by atoms with Gasteiger partial charge in [-0.1, -0.05) is 0 Å². The molecule has 0 aromatic carbocycles. The van der Waals surface area contributed by atoms with Crippen LogP contribution in [-0.2, 0) is 9.53 Å². The van der Waals surface area contributed by atoms with Crippen molar-refractivity contribution >= 4 is 5.91 Å². The molecule has 1 unspecified atom stereocenters. The number of nitrogens with one attached hydrogen (secondary N) is 1. The van der Waals surface area contributed by atoms with Gasteiger partial charge in [0, 0.05) is 13.2 Å². The zero-order valence-corrected chi connectivity index (χ0v) is 6.82. The zero-order chi connectivity index (χ0) is 8.97. The Balaban J connectivity index is 2.39. The van der Waals surface area contributed by atoms with Crippen molar-refractivity contribution < 1.29 is 14.7 Å². The standard InChI is InChI=1S/C7H14N2O3/c8-6(7(10)9-11)5-1-3-12-4-2-5/h5-6,11H,1-4,8H2,(H,9,10). The van der Waals surface area contributed by atoms with Crippen LogP contribution in [0.5, 0.6) is 0 Å². The Labute approximate surface area is 70.8 Å². The molecule has 1 aliphatic heterocycles. The molecule has 0 bridgehead atoms. The van der Waals surface area contributed by atoms with E-state index in [-0.39, 0.29) is 5.92 Å². The summed E-state index contributed by atoms with van der Waals surface area (Å²) in [7, 11) is 0. The monoisotopic (exact) mass is 174 g/mol. The summed E-state index contributed by atoms with van der Waals surface area (Å²) in [5.41, 5.74) is 7.13. The largest absolute Gasteiger partial charge is 0.381 e. The van der Waals surface area contributed by atoms with Crippen LogP contribution in [-0.4, -0.2) is 30.4 Å². The first-order chi connectivity index (χ1) is 5.75. The third-order valence-corrected chi connectivity index (χ3v) is 2.19. The average Bonchev–Trinajstić information content (AvgIpc) is 2.17. The van der Waals surface area contributed by atoms with E-state index in [0.29, 0.717) is 13.2 Å². The molecule has 1 fully saturated rings. The van der Waals surface area contributed by atoms with Crippen molar-refractivity contribution in [3.63, 3.8) is 0 Å². The van der Waals surface area contributed by atoms with Crippen LogP contribution in [0.25, 0.3) is 0 Å². The average molecular weight is 174 g/mol. The molecule has 1 amide bonds. The number of ether oxygens (including phenoxy) is 1. The molecule has 1 atom stereocenters. The number of hydrogen-bond donors (Lipinski definition) is 3. The first-order valence-corrected chi connectivity index (χ1v) is 4.03. The van der Waals surface area contributed by atoms with Crippen molar-refractivity contribution in [3.05, 3.63) is 0 Å². The second-order valence-electron chi connectivity index (χ2n) is 2.95. The van der Waals surface area contributed by atoms with Crippen LogP contribution in [0.2, 0.25) is 0 Å². The molecule has 12 heavy (non-hydrogen) atoms. The topological polar surface area (TPSA) is 84.6 Å². The number of carbonyl (C=O) groups excluding carboxylic acids is 1. The summed E-state index contributed by atoms with van der Waals surface area (Å²) in [6, 6.07) is -0.612. The molecule has 0 aromatic heterocycles. The van der Waals surface area contributed by atoms with Gasteiger partial charge in [-0.05, 0) is 18.8 Å². The van der Waals surface area contributed by atoms with Crippen LogP contribution in [0.3, 0.4) is 0 Å². The number of carbonyl (C=O) groups is 1. The van der Waals surface area contributed by atoms with E-state index in [1.165, 1.54) is 0 Å². The molecule has 1 saturated heterocycles. The molecule has 5 nitrogen and oxygen atoms in total. The second kappa shape index (κ2) is 4.39. The Morgan fingerprint density at radius 2 is 2.17 bits per heavy atom. The molecular weight excluding hydrogens is 160 g/mol. The fourth-order valence-electron chi connectivity index (χ4n) is 1.36. The molecule has 0 saturated carbocycles. The van der Waals surface area contributed by atoms with Gasteiger partial charge >= 0.3 is 0 Å². The van der Waals surface area contributed by atoms with Gasteiger partial charge < -0.3 is 10.5 Å². The van der Waals surface area contributed by atoms with Gasteiger partial charge in [-0.25, -0.2) is 5.48 Å². The minimum atomic E-state index is -0.612. The molecule has 0 spiro atoms. The van der Waals surface area contributed by atoms with Crippen molar-refractivity contribution in [1.29, 1.82) is 0 Å². The van der Waals surface area contributed by atoms with Crippen LogP contribution in [0, 0.1) is 5.92 Å². The minimum absolute atomic E-state index is 0.130. The van der Waals surface area contributed by atoms with Gasteiger partial charge in [-0.2, -0.15) is 0 Å². The third-order valence-electron chi connectivity index (χ3n) is 2.19. The second-order valence-corrected chi connectivity index (χ2v) is 2.95. The minimum Gasteiger partial charge on any atom is -0.381 e. The molecule has 1 aliphatic rings. The predicted octanol–water partition coefficient (Wildman–Crippen LogP) is -0.754. The van der Waals surface area contributed by atoms with Crippen LogP contribution < -0.4 is 11.2 Å². The maximum absolute atomic E-state index is 10.9. The molecule has 0 radical (unpaired) electrons. The van der Waals surface area contributed by atoms with Gasteiger partial charge in [0.15, 0.2) is 0 Å². The van der Waals surface area contributed by atoms with E-state index in [0.717, 1.165) is 12.8 Å². The van der Waals surface area contributed by atoms with E-state index >= 15 is 0 Å². The Kier molecular flexibility index (Phi) is 3.46. The summed E-state index contributed by atoms with van der Waals surface area (Å²) in [5, 5.41) is 8.33. The first-order valence-electron chi connectivity index (χ1n) is 4.03. The lowest BCUT2D eigenvalue weighted by Gasteiger charge is -2.25. The van der Waals surface area contributed by atoms with Crippen molar-refractivity contribution in [1.82, 2.24) is 5.48 Å². The fraction of sp³-hybridized carbons (Fsp3) is 0.857. The fourth-order valence-corrected chi connectivity index (χ4v) is 1.36. The van der Waals surface area contributed by atoms with E-state index in [4.69, 9.17) is 15.7 Å². The highest BCUT2D eigenvalue weighted by molar-refractivity contribution is 5.80. The molecule has 4 N–H and O–H groups in total. The number of hydrogen-bond acceptors (Lipinski definition) is 4. The van der Waals surface area contributed by atoms with Gasteiger partial charge in [-0.15, -0.1) is 0 Å². The van der Waals surface area contributed by atoms with Crippen LogP contribution in [0.15, 0.2) is 0 Å². The highest BCUT2D eigenvalue weighted by Gasteiger charge is 2.25. The quantitative estimate of drug-likeness (QED) is 0.379. The Bertz CT molecular complexity index is 157. The van der Waals surface area contributed by atoms with Crippen LogP contribution >= 0.6 is 0 Å². The highest BCUT2D eigenvalue weighted by Crippen LogP contribution is 2.17. The van der Waals surface area contributed by atoms with Crippen molar-refractivity contribution in [2.75, 3.05) is 13.2 Å². The van der Waals surface area contributed by atoms with Crippen molar-refractivity contribution in [3.8, 4) is 0 Å². The van der Waals surface area contributed by atoms with E-state index in [1.807, 2.05) is 0 Å². The summed E-state index contributed by atoms with van der Waals surface area (Å²) in [6.07, 6.45) is 1.57. The summed E-state index contributed by atoms with van der Waals surface area (Å²) in [5.74, 6) is -0.382. The number of hydroxylamine groups is 1. The lowest BCUT2D eigenvalue weighted by Crippen LogP contribution is -2.46. The van der Waals surface area contributed by atoms with E-state index in [2.05, 4.69) is 0 Å². The Morgan fingerprint density at radius 1 is 1.58 bits per heavy atom. The highest BCUT2D eigenvalue weighted by atomic mass is 16.5. The van der Waals surface area contributed by atoms with Crippen LogP contribution in [0.4, 0.5) is 0 Å². The number of rotatable bonds is 2. The van der Waals surface area contributed by atoms with Gasteiger partial charge in [0.1, 0.15) is 0 Å². The summed E-state index contributed by atoms with van der Waals surface area (Å²) < 4.78 is 5.11. The first kappa shape index (κ1) is 9.44. The van der Waals surface area contributed by atoms with Gasteiger partial charge in [0.05, 0.1) is 6.04 Å². The zero-order valence-electron chi connectivity index (χ0n) is 6.82. The molecule has 5 heteroatoms. The summed E-state index contributed by atoms with van der Waals surface area (Å²) in [4.78, 5) is 10.9. The van der Waals surface area contributed by atoms with E-state index < -0.39 is 11.9 Å². The normalized spacial score (nSPS) is 21.8. The lowest BCUT2D eigenvalue weighted by atomic mass is 9.92. The predicted molar refractivity (Wildman–Crippen MR) is 41.4 cm³/mol. The van der Waals surface area contributed by atoms with E-state index in [9.17, 15) is 4.79 Å². The van der Waals surface area contributed by atoms with Gasteiger partial charge in [0.25, 0.3) is 5.91 Å². The van der Waals surface area contributed by atoms with E-state index in [1.54, 1.807) is 5.48 Å². The smallest absolute Gasteiger partial charge is 0.260 e. The number of amides is 1. The lowest BCUT2D eigenvalue weighted by molar-refractivity contribution is -0.132. The molecule has 70 valence electrons. The SMILES string of the molecule is NC(C(=O)NO)C1CCOCC1. The van der Waals surface area contributed by atoms with Crippen molar-refractivity contribution in [2.24, 2.45) is 11.7 Å². The summed E-state index contributed by atoms with van der Waals surface area (Å²) >= 11 is 0. The molecule has 1 rings (SSSR count). The molecule has 0 aliphatic carbocycles. The van der Waals surface area contributed by atoms with Gasteiger partial charge in [0.2, 0.25) is 0 Å². The number of nitrogens with two attached hydrogens (primary N) is 1. The summed E-state index contributed by atoms with van der Waals surface area (Å²) in [6.45, 7) is 1.30. The molecular formula is C7H14N2O3. The van der Waals surface area contributed by atoms with Crippen molar-refractivity contribution in [2.45, 2.75) is 18.9 Å². The molecule has 0 aromatic rings.